The second-order valence-electron chi connectivity index (χ2n) is 2.78. The highest BCUT2D eigenvalue weighted by molar-refractivity contribution is 5.12. The second-order valence-corrected chi connectivity index (χ2v) is 2.78. The monoisotopic (exact) mass is 194 g/mol. The molecule has 74 valence electrons. The Labute approximate surface area is 72.8 Å². The molecular formula is C7H9F3N2O. The first-order chi connectivity index (χ1) is 5.82. The quantitative estimate of drug-likeness (QED) is 0.732. The van der Waals surface area contributed by atoms with Crippen LogP contribution in [0.4, 0.5) is 13.2 Å². The average Bonchev–Trinajstić information content (AvgIpc) is 2.29. The van der Waals surface area contributed by atoms with Crippen molar-refractivity contribution in [2.75, 3.05) is 0 Å². The van der Waals surface area contributed by atoms with Crippen LogP contribution in [0.3, 0.4) is 0 Å². The number of aliphatic hydroxyl groups is 1. The van der Waals surface area contributed by atoms with E-state index < -0.39 is 12.3 Å². The molecule has 0 saturated carbocycles. The van der Waals surface area contributed by atoms with Crippen molar-refractivity contribution < 1.29 is 18.3 Å². The molecule has 1 atom stereocenters. The van der Waals surface area contributed by atoms with Gasteiger partial charge in [0, 0.05) is 12.7 Å². The summed E-state index contributed by atoms with van der Waals surface area (Å²) in [4.78, 5) is 0. The molecule has 1 aromatic heterocycles. The Hall–Kier alpha value is -1.04. The molecule has 0 bridgehead atoms. The summed E-state index contributed by atoms with van der Waals surface area (Å²) in [7, 11) is 1.52. The molecule has 1 heterocycles. The van der Waals surface area contributed by atoms with Crippen molar-refractivity contribution in [2.45, 2.75) is 19.2 Å². The summed E-state index contributed by atoms with van der Waals surface area (Å²) in [5, 5.41) is 12.3. The molecule has 0 radical (unpaired) electrons. The third-order valence-electron chi connectivity index (χ3n) is 1.72. The summed E-state index contributed by atoms with van der Waals surface area (Å²) in [6, 6.07) is 1.21. The summed E-state index contributed by atoms with van der Waals surface area (Å²) >= 11 is 0. The number of hydrogen-bond donors (Lipinski definition) is 1. The highest BCUT2D eigenvalue weighted by Crippen LogP contribution is 2.31. The third-order valence-corrected chi connectivity index (χ3v) is 1.72. The number of hydrogen-bond acceptors (Lipinski definition) is 2. The SMILES string of the molecule is Cc1cc([C@H](O)C(F)(F)F)nn1C. The van der Waals surface area contributed by atoms with Gasteiger partial charge in [0.2, 0.25) is 0 Å². The van der Waals surface area contributed by atoms with Gasteiger partial charge in [-0.3, -0.25) is 4.68 Å². The van der Waals surface area contributed by atoms with E-state index in [9.17, 15) is 13.2 Å². The van der Waals surface area contributed by atoms with Gasteiger partial charge in [-0.25, -0.2) is 0 Å². The van der Waals surface area contributed by atoms with Crippen molar-refractivity contribution in [3.8, 4) is 0 Å². The van der Waals surface area contributed by atoms with Crippen LogP contribution in [0.25, 0.3) is 0 Å². The first-order valence-electron chi connectivity index (χ1n) is 3.57. The van der Waals surface area contributed by atoms with Gasteiger partial charge in [-0.2, -0.15) is 18.3 Å². The molecule has 0 spiro atoms. The molecule has 0 aliphatic carbocycles. The Morgan fingerprint density at radius 2 is 2.08 bits per heavy atom. The van der Waals surface area contributed by atoms with Crippen LogP contribution in [0.1, 0.15) is 17.5 Å². The molecule has 6 heteroatoms. The Kier molecular flexibility index (Phi) is 2.34. The lowest BCUT2D eigenvalue weighted by Crippen LogP contribution is -2.20. The number of aryl methyl sites for hydroxylation is 2. The highest BCUT2D eigenvalue weighted by atomic mass is 19.4. The molecule has 0 amide bonds. The van der Waals surface area contributed by atoms with Gasteiger partial charge in [0.25, 0.3) is 0 Å². The maximum atomic E-state index is 12.0. The van der Waals surface area contributed by atoms with Crippen molar-refractivity contribution >= 4 is 0 Å². The number of aromatic nitrogens is 2. The van der Waals surface area contributed by atoms with Crippen molar-refractivity contribution in [3.63, 3.8) is 0 Å². The smallest absolute Gasteiger partial charge is 0.378 e. The van der Waals surface area contributed by atoms with E-state index in [2.05, 4.69) is 5.10 Å². The summed E-state index contributed by atoms with van der Waals surface area (Å²) < 4.78 is 37.2. The minimum Gasteiger partial charge on any atom is -0.378 e. The van der Waals surface area contributed by atoms with Crippen molar-refractivity contribution in [1.82, 2.24) is 9.78 Å². The number of halogens is 3. The number of nitrogens with zero attached hydrogens (tertiary/aromatic N) is 2. The molecule has 0 aromatic carbocycles. The van der Waals surface area contributed by atoms with Gasteiger partial charge in [0.1, 0.15) is 5.69 Å². The average molecular weight is 194 g/mol. The van der Waals surface area contributed by atoms with E-state index in [-0.39, 0.29) is 5.69 Å². The van der Waals surface area contributed by atoms with Gasteiger partial charge in [-0.1, -0.05) is 0 Å². The lowest BCUT2D eigenvalue weighted by Gasteiger charge is -2.11. The fourth-order valence-corrected chi connectivity index (χ4v) is 0.890. The zero-order chi connectivity index (χ0) is 10.2. The number of rotatable bonds is 1. The van der Waals surface area contributed by atoms with E-state index in [1.807, 2.05) is 0 Å². The molecule has 0 unspecified atom stereocenters. The minimum absolute atomic E-state index is 0.368. The Morgan fingerprint density at radius 3 is 2.38 bits per heavy atom. The van der Waals surface area contributed by atoms with E-state index in [1.54, 1.807) is 6.92 Å². The highest BCUT2D eigenvalue weighted by Gasteiger charge is 2.41. The van der Waals surface area contributed by atoms with Crippen LogP contribution in [-0.2, 0) is 7.05 Å². The van der Waals surface area contributed by atoms with Gasteiger partial charge in [-0.15, -0.1) is 0 Å². The van der Waals surface area contributed by atoms with Gasteiger partial charge in [-0.05, 0) is 13.0 Å². The summed E-state index contributed by atoms with van der Waals surface area (Å²) in [6.45, 7) is 1.61. The van der Waals surface area contributed by atoms with E-state index in [1.165, 1.54) is 17.8 Å². The van der Waals surface area contributed by atoms with E-state index in [0.29, 0.717) is 5.69 Å². The van der Waals surface area contributed by atoms with Gasteiger partial charge < -0.3 is 5.11 Å². The molecule has 0 fully saturated rings. The first-order valence-corrected chi connectivity index (χ1v) is 3.57. The predicted octanol–water partition coefficient (Wildman–Crippen LogP) is 1.32. The predicted molar refractivity (Wildman–Crippen MR) is 39.0 cm³/mol. The van der Waals surface area contributed by atoms with Crippen molar-refractivity contribution in [3.05, 3.63) is 17.5 Å². The molecular weight excluding hydrogens is 185 g/mol. The largest absolute Gasteiger partial charge is 0.420 e. The van der Waals surface area contributed by atoms with Crippen LogP contribution < -0.4 is 0 Å². The Bertz CT molecular complexity index is 286. The minimum atomic E-state index is -4.65. The van der Waals surface area contributed by atoms with Crippen LogP contribution in [-0.4, -0.2) is 21.1 Å². The molecule has 0 aliphatic rings. The first kappa shape index (κ1) is 10.0. The molecule has 13 heavy (non-hydrogen) atoms. The van der Waals surface area contributed by atoms with Crippen LogP contribution >= 0.6 is 0 Å². The second kappa shape index (κ2) is 3.02. The van der Waals surface area contributed by atoms with E-state index in [4.69, 9.17) is 5.11 Å². The van der Waals surface area contributed by atoms with E-state index in [0.717, 1.165) is 0 Å². The van der Waals surface area contributed by atoms with Crippen molar-refractivity contribution in [1.29, 1.82) is 0 Å². The van der Waals surface area contributed by atoms with E-state index >= 15 is 0 Å². The fraction of sp³-hybridized carbons (Fsp3) is 0.571. The van der Waals surface area contributed by atoms with Crippen LogP contribution in [0.5, 0.6) is 0 Å². The summed E-state index contributed by atoms with van der Waals surface area (Å²) in [6.07, 6.45) is -7.15. The number of aliphatic hydroxyl groups excluding tert-OH is 1. The fourth-order valence-electron chi connectivity index (χ4n) is 0.890. The molecule has 1 aromatic rings. The lowest BCUT2D eigenvalue weighted by atomic mass is 10.2. The zero-order valence-corrected chi connectivity index (χ0v) is 7.13. The van der Waals surface area contributed by atoms with Gasteiger partial charge in [0.05, 0.1) is 0 Å². The standard InChI is InChI=1S/C7H9F3N2O/c1-4-3-5(11-12(4)2)6(13)7(8,9)10/h3,6,13H,1-2H3/t6-/m0/s1. The van der Waals surface area contributed by atoms with Crippen molar-refractivity contribution in [2.24, 2.45) is 7.05 Å². The lowest BCUT2D eigenvalue weighted by molar-refractivity contribution is -0.208. The summed E-state index contributed by atoms with van der Waals surface area (Å²) in [5.74, 6) is 0. The van der Waals surface area contributed by atoms with Gasteiger partial charge >= 0.3 is 6.18 Å². The molecule has 0 aliphatic heterocycles. The van der Waals surface area contributed by atoms with Crippen LogP contribution in [0.2, 0.25) is 0 Å². The van der Waals surface area contributed by atoms with Crippen LogP contribution in [0, 0.1) is 6.92 Å². The maximum Gasteiger partial charge on any atom is 0.420 e. The molecule has 1 rings (SSSR count). The Balaban J connectivity index is 2.96. The van der Waals surface area contributed by atoms with Gasteiger partial charge in [0.15, 0.2) is 6.10 Å². The Morgan fingerprint density at radius 1 is 1.54 bits per heavy atom. The zero-order valence-electron chi connectivity index (χ0n) is 7.13. The third kappa shape index (κ3) is 2.00. The normalized spacial score (nSPS) is 14.6. The maximum absolute atomic E-state index is 12.0. The molecule has 3 nitrogen and oxygen atoms in total. The topological polar surface area (TPSA) is 38.1 Å². The van der Waals surface area contributed by atoms with Crippen LogP contribution in [0.15, 0.2) is 6.07 Å². The molecule has 1 N–H and O–H groups in total. The number of alkyl halides is 3. The summed E-state index contributed by atoms with van der Waals surface area (Å²) in [5.41, 5.74) is 0.200. The molecule has 0 saturated heterocycles.